The SMILES string of the molecule is N#CC1=C(N)OC2=C(C(=O)c3ccccc32)C12C(=O)Nc1ccc(F)cc12. The van der Waals surface area contributed by atoms with Crippen LogP contribution in [0, 0.1) is 17.1 Å². The summed E-state index contributed by atoms with van der Waals surface area (Å²) in [5.74, 6) is -1.85. The zero-order valence-corrected chi connectivity index (χ0v) is 13.7. The molecule has 130 valence electrons. The summed E-state index contributed by atoms with van der Waals surface area (Å²) in [4.78, 5) is 26.4. The number of Topliss-reactive ketones (excluding diaryl/α,β-unsaturated/α-hetero) is 1. The quantitative estimate of drug-likeness (QED) is 0.751. The van der Waals surface area contributed by atoms with E-state index in [-0.39, 0.29) is 28.4 Å². The second-order valence-electron chi connectivity index (χ2n) is 6.43. The van der Waals surface area contributed by atoms with Crippen LogP contribution in [-0.4, -0.2) is 11.7 Å². The molecule has 1 atom stereocenters. The van der Waals surface area contributed by atoms with Gasteiger partial charge in [-0.05, 0) is 18.2 Å². The Balaban J connectivity index is 1.93. The lowest BCUT2D eigenvalue weighted by molar-refractivity contribution is -0.118. The average molecular weight is 359 g/mol. The van der Waals surface area contributed by atoms with E-state index < -0.39 is 22.9 Å². The number of carbonyl (C=O) groups excluding carboxylic acids is 2. The van der Waals surface area contributed by atoms with Crippen LogP contribution < -0.4 is 11.1 Å². The number of hydrogen-bond donors (Lipinski definition) is 2. The van der Waals surface area contributed by atoms with E-state index >= 15 is 0 Å². The number of nitrogens with zero attached hydrogens (tertiary/aromatic N) is 1. The van der Waals surface area contributed by atoms with Crippen molar-refractivity contribution >= 4 is 23.1 Å². The van der Waals surface area contributed by atoms with Crippen LogP contribution in [0.2, 0.25) is 0 Å². The Kier molecular flexibility index (Phi) is 2.74. The van der Waals surface area contributed by atoms with E-state index in [0.29, 0.717) is 16.8 Å². The van der Waals surface area contributed by atoms with Gasteiger partial charge in [0.1, 0.15) is 28.6 Å². The number of halogens is 1. The molecule has 1 amide bonds. The first-order valence-corrected chi connectivity index (χ1v) is 8.08. The molecule has 1 aliphatic carbocycles. The van der Waals surface area contributed by atoms with Crippen LogP contribution in [0.15, 0.2) is 59.5 Å². The molecule has 0 saturated carbocycles. The summed E-state index contributed by atoms with van der Waals surface area (Å²) in [5, 5.41) is 12.4. The van der Waals surface area contributed by atoms with Crippen LogP contribution in [0.1, 0.15) is 21.5 Å². The number of amides is 1. The average Bonchev–Trinajstić information content (AvgIpc) is 3.09. The van der Waals surface area contributed by atoms with Gasteiger partial charge < -0.3 is 15.8 Å². The van der Waals surface area contributed by atoms with Gasteiger partial charge in [-0.15, -0.1) is 0 Å². The molecular weight excluding hydrogens is 349 g/mol. The first-order valence-electron chi connectivity index (χ1n) is 8.08. The number of nitriles is 1. The minimum absolute atomic E-state index is 0.0173. The largest absolute Gasteiger partial charge is 0.439 e. The molecule has 1 spiro atoms. The van der Waals surface area contributed by atoms with Crippen molar-refractivity contribution < 1.29 is 18.7 Å². The van der Waals surface area contributed by atoms with Gasteiger partial charge in [-0.3, -0.25) is 9.59 Å². The highest BCUT2D eigenvalue weighted by atomic mass is 19.1. The minimum atomic E-state index is -1.85. The Morgan fingerprint density at radius 1 is 1.15 bits per heavy atom. The number of nitrogens with one attached hydrogen (secondary N) is 1. The maximum atomic E-state index is 14.1. The number of hydrogen-bond acceptors (Lipinski definition) is 5. The Labute approximate surface area is 152 Å². The number of benzene rings is 2. The monoisotopic (exact) mass is 359 g/mol. The van der Waals surface area contributed by atoms with Gasteiger partial charge in [-0.2, -0.15) is 5.26 Å². The van der Waals surface area contributed by atoms with Gasteiger partial charge in [0.25, 0.3) is 0 Å². The van der Waals surface area contributed by atoms with E-state index in [2.05, 4.69) is 5.32 Å². The molecule has 0 fully saturated rings. The van der Waals surface area contributed by atoms with Gasteiger partial charge in [0.15, 0.2) is 5.78 Å². The molecule has 2 aromatic carbocycles. The van der Waals surface area contributed by atoms with Crippen LogP contribution in [0.25, 0.3) is 5.76 Å². The molecule has 27 heavy (non-hydrogen) atoms. The van der Waals surface area contributed by atoms with Crippen molar-refractivity contribution in [3.8, 4) is 6.07 Å². The lowest BCUT2D eigenvalue weighted by atomic mass is 9.67. The van der Waals surface area contributed by atoms with Crippen molar-refractivity contribution in [2.75, 3.05) is 5.32 Å². The van der Waals surface area contributed by atoms with Crippen molar-refractivity contribution in [1.82, 2.24) is 0 Å². The summed E-state index contributed by atoms with van der Waals surface area (Å²) >= 11 is 0. The van der Waals surface area contributed by atoms with Gasteiger partial charge in [0.05, 0.1) is 5.57 Å². The molecule has 2 heterocycles. The topological polar surface area (TPSA) is 105 Å². The Morgan fingerprint density at radius 3 is 2.63 bits per heavy atom. The van der Waals surface area contributed by atoms with Crippen LogP contribution in [0.5, 0.6) is 0 Å². The molecule has 2 aliphatic heterocycles. The number of ketones is 1. The van der Waals surface area contributed by atoms with E-state index in [4.69, 9.17) is 10.5 Å². The van der Waals surface area contributed by atoms with E-state index in [0.717, 1.165) is 6.07 Å². The van der Waals surface area contributed by atoms with Gasteiger partial charge in [0.2, 0.25) is 11.8 Å². The second-order valence-corrected chi connectivity index (χ2v) is 6.43. The van der Waals surface area contributed by atoms with Crippen LogP contribution in [-0.2, 0) is 14.9 Å². The summed E-state index contributed by atoms with van der Waals surface area (Å²) in [7, 11) is 0. The van der Waals surface area contributed by atoms with Crippen molar-refractivity contribution in [3.05, 3.63) is 82.0 Å². The Hall–Kier alpha value is -3.92. The molecule has 3 N–H and O–H groups in total. The van der Waals surface area contributed by atoms with Crippen molar-refractivity contribution in [2.45, 2.75) is 5.41 Å². The standard InChI is InChI=1S/C20H10FN3O3/c21-9-5-6-14-12(7-9)20(19(26)24-14)13(8-22)18(23)27-17-11-4-2-1-3-10(11)16(25)15(17)20/h1-7H,23H2,(H,24,26). The molecule has 0 saturated heterocycles. The molecule has 0 bridgehead atoms. The van der Waals surface area contributed by atoms with Crippen molar-refractivity contribution in [1.29, 1.82) is 5.26 Å². The first kappa shape index (κ1) is 15.3. The normalized spacial score (nSPS) is 22.2. The van der Waals surface area contributed by atoms with Crippen LogP contribution >= 0.6 is 0 Å². The zero-order valence-electron chi connectivity index (χ0n) is 13.7. The van der Waals surface area contributed by atoms with Crippen molar-refractivity contribution in [2.24, 2.45) is 5.73 Å². The molecule has 6 nitrogen and oxygen atoms in total. The maximum Gasteiger partial charge on any atom is 0.245 e. The number of fused-ring (bicyclic) bond motifs is 5. The number of nitrogens with two attached hydrogens (primary N) is 1. The van der Waals surface area contributed by atoms with Crippen LogP contribution in [0.4, 0.5) is 10.1 Å². The predicted octanol–water partition coefficient (Wildman–Crippen LogP) is 2.35. The van der Waals surface area contributed by atoms with Gasteiger partial charge in [-0.1, -0.05) is 24.3 Å². The third-order valence-electron chi connectivity index (χ3n) is 5.17. The summed E-state index contributed by atoms with van der Waals surface area (Å²) in [6, 6.07) is 12.3. The molecule has 5 rings (SSSR count). The molecule has 3 aliphatic rings. The molecular formula is C20H10FN3O3. The fraction of sp³-hybridized carbons (Fsp3) is 0.0500. The van der Waals surface area contributed by atoms with Gasteiger partial charge in [-0.25, -0.2) is 4.39 Å². The summed E-state index contributed by atoms with van der Waals surface area (Å²) in [6.45, 7) is 0. The van der Waals surface area contributed by atoms with E-state index in [9.17, 15) is 19.2 Å². The maximum absolute atomic E-state index is 14.1. The number of carbonyl (C=O) groups is 2. The third-order valence-corrected chi connectivity index (χ3v) is 5.17. The lowest BCUT2D eigenvalue weighted by Gasteiger charge is -2.32. The summed E-state index contributed by atoms with van der Waals surface area (Å²) < 4.78 is 19.7. The Bertz CT molecular complexity index is 1210. The van der Waals surface area contributed by atoms with Gasteiger partial charge in [0, 0.05) is 22.4 Å². The Morgan fingerprint density at radius 2 is 1.89 bits per heavy atom. The van der Waals surface area contributed by atoms with Crippen LogP contribution in [0.3, 0.4) is 0 Å². The van der Waals surface area contributed by atoms with Crippen molar-refractivity contribution in [3.63, 3.8) is 0 Å². The minimum Gasteiger partial charge on any atom is -0.439 e. The third kappa shape index (κ3) is 1.62. The lowest BCUT2D eigenvalue weighted by Crippen LogP contribution is -2.44. The molecule has 2 aromatic rings. The number of rotatable bonds is 0. The highest BCUT2D eigenvalue weighted by Crippen LogP contribution is 2.56. The van der Waals surface area contributed by atoms with E-state index in [1.165, 1.54) is 12.1 Å². The number of anilines is 1. The van der Waals surface area contributed by atoms with Gasteiger partial charge >= 0.3 is 0 Å². The molecule has 7 heteroatoms. The highest BCUT2D eigenvalue weighted by molar-refractivity contribution is 6.28. The molecule has 0 radical (unpaired) electrons. The first-order chi connectivity index (χ1) is 13.0. The summed E-state index contributed by atoms with van der Waals surface area (Å²) in [6.07, 6.45) is 0. The molecule has 1 unspecified atom stereocenters. The fourth-order valence-electron chi connectivity index (χ4n) is 4.08. The second kappa shape index (κ2) is 4.83. The fourth-order valence-corrected chi connectivity index (χ4v) is 4.08. The molecule has 0 aromatic heterocycles. The van der Waals surface area contributed by atoms with E-state index in [1.807, 2.05) is 6.07 Å². The number of ether oxygens (including phenoxy) is 1. The van der Waals surface area contributed by atoms with E-state index in [1.54, 1.807) is 24.3 Å². The zero-order chi connectivity index (χ0) is 18.9. The highest BCUT2D eigenvalue weighted by Gasteiger charge is 2.61. The predicted molar refractivity (Wildman–Crippen MR) is 92.3 cm³/mol. The smallest absolute Gasteiger partial charge is 0.245 e. The summed E-state index contributed by atoms with van der Waals surface area (Å²) in [5.41, 5.74) is 5.19.